The van der Waals surface area contributed by atoms with Crippen molar-refractivity contribution < 1.29 is 23.1 Å². The molecule has 0 bridgehead atoms. The number of nitrogens with two attached hydrogens (primary N) is 1. The number of hydrogen-bond donors (Lipinski definition) is 3. The topological polar surface area (TPSA) is 119 Å². The van der Waals surface area contributed by atoms with E-state index in [9.17, 15) is 13.2 Å². The van der Waals surface area contributed by atoms with E-state index >= 15 is 0 Å². The summed E-state index contributed by atoms with van der Waals surface area (Å²) in [4.78, 5) is 10.6. The fourth-order valence-electron chi connectivity index (χ4n) is 1.57. The molecular weight excluding hydrogens is 296 g/mol. The Labute approximate surface area is 124 Å². The molecule has 7 nitrogen and oxygen atoms in total. The highest BCUT2D eigenvalue weighted by atomic mass is 32.2. The molecule has 0 amide bonds. The normalized spacial score (nSPS) is 11.8. The van der Waals surface area contributed by atoms with Gasteiger partial charge in [0.1, 0.15) is 4.90 Å². The highest BCUT2D eigenvalue weighted by Crippen LogP contribution is 2.19. The van der Waals surface area contributed by atoms with Gasteiger partial charge in [-0.1, -0.05) is 13.8 Å². The molecule has 0 aromatic heterocycles. The van der Waals surface area contributed by atoms with Crippen molar-refractivity contribution in [3.63, 3.8) is 0 Å². The van der Waals surface area contributed by atoms with E-state index in [2.05, 4.69) is 4.72 Å². The maximum atomic E-state index is 12.0. The molecule has 0 aliphatic carbocycles. The van der Waals surface area contributed by atoms with Crippen LogP contribution >= 0.6 is 0 Å². The molecule has 0 atom stereocenters. The van der Waals surface area contributed by atoms with Crippen LogP contribution in [0, 0.1) is 5.92 Å². The second-order valence-electron chi connectivity index (χ2n) is 4.92. The van der Waals surface area contributed by atoms with Gasteiger partial charge in [-0.2, -0.15) is 0 Å². The van der Waals surface area contributed by atoms with Crippen LogP contribution in [0.4, 0.5) is 5.69 Å². The fourth-order valence-corrected chi connectivity index (χ4v) is 2.70. The van der Waals surface area contributed by atoms with Gasteiger partial charge in [-0.15, -0.1) is 0 Å². The number of carboxylic acids is 1. The van der Waals surface area contributed by atoms with E-state index < -0.39 is 16.0 Å². The van der Waals surface area contributed by atoms with Crippen LogP contribution in [0.3, 0.4) is 0 Å². The van der Waals surface area contributed by atoms with Gasteiger partial charge in [-0.25, -0.2) is 17.9 Å². The summed E-state index contributed by atoms with van der Waals surface area (Å²) in [6.45, 7) is 4.92. The summed E-state index contributed by atoms with van der Waals surface area (Å²) in [5.74, 6) is -0.790. The monoisotopic (exact) mass is 316 g/mol. The molecule has 1 rings (SSSR count). The van der Waals surface area contributed by atoms with Crippen molar-refractivity contribution in [2.24, 2.45) is 5.92 Å². The number of carboxylic acid groups (broad SMARTS) is 1. The first kappa shape index (κ1) is 17.4. The van der Waals surface area contributed by atoms with Gasteiger partial charge in [0.05, 0.1) is 17.9 Å². The molecule has 0 saturated carbocycles. The molecule has 118 valence electrons. The Morgan fingerprint density at radius 3 is 2.62 bits per heavy atom. The number of rotatable bonds is 8. The SMILES string of the molecule is CC(C)COCCNS(=O)(=O)c1ccc(C(=O)O)cc1N. The smallest absolute Gasteiger partial charge is 0.335 e. The van der Waals surface area contributed by atoms with Crippen LogP contribution in [0.2, 0.25) is 0 Å². The van der Waals surface area contributed by atoms with Crippen LogP contribution in [-0.4, -0.2) is 39.3 Å². The number of carbonyl (C=O) groups is 1. The Bertz CT molecular complexity index is 599. The lowest BCUT2D eigenvalue weighted by Crippen LogP contribution is -2.28. The average Bonchev–Trinajstić information content (AvgIpc) is 2.37. The summed E-state index contributed by atoms with van der Waals surface area (Å²) >= 11 is 0. The second-order valence-corrected chi connectivity index (χ2v) is 6.66. The van der Waals surface area contributed by atoms with Crippen LogP contribution < -0.4 is 10.5 Å². The van der Waals surface area contributed by atoms with Crippen LogP contribution in [0.25, 0.3) is 0 Å². The number of nitrogen functional groups attached to an aromatic ring is 1. The van der Waals surface area contributed by atoms with Crippen molar-refractivity contribution in [3.8, 4) is 0 Å². The van der Waals surface area contributed by atoms with Crippen LogP contribution in [0.5, 0.6) is 0 Å². The highest BCUT2D eigenvalue weighted by molar-refractivity contribution is 7.89. The quantitative estimate of drug-likeness (QED) is 0.484. The molecule has 4 N–H and O–H groups in total. The van der Waals surface area contributed by atoms with Crippen molar-refractivity contribution in [3.05, 3.63) is 23.8 Å². The number of benzene rings is 1. The Morgan fingerprint density at radius 1 is 1.43 bits per heavy atom. The maximum absolute atomic E-state index is 12.0. The lowest BCUT2D eigenvalue weighted by atomic mass is 10.2. The van der Waals surface area contributed by atoms with E-state index in [0.29, 0.717) is 12.5 Å². The number of ether oxygens (including phenoxy) is 1. The Kier molecular flexibility index (Phi) is 6.13. The molecule has 1 aromatic carbocycles. The summed E-state index contributed by atoms with van der Waals surface area (Å²) in [6, 6.07) is 3.49. The van der Waals surface area contributed by atoms with E-state index in [1.54, 1.807) is 0 Å². The molecule has 0 saturated heterocycles. The zero-order chi connectivity index (χ0) is 16.0. The van der Waals surface area contributed by atoms with Crippen LogP contribution in [-0.2, 0) is 14.8 Å². The molecule has 21 heavy (non-hydrogen) atoms. The van der Waals surface area contributed by atoms with E-state index in [4.69, 9.17) is 15.6 Å². The molecule has 0 aliphatic rings. The van der Waals surface area contributed by atoms with Gasteiger partial charge in [0.2, 0.25) is 10.0 Å². The minimum atomic E-state index is -3.78. The number of sulfonamides is 1. The number of hydrogen-bond acceptors (Lipinski definition) is 5. The number of nitrogens with one attached hydrogen (secondary N) is 1. The van der Waals surface area contributed by atoms with Gasteiger partial charge in [0, 0.05) is 13.2 Å². The molecular formula is C13H20N2O5S. The molecule has 0 spiro atoms. The maximum Gasteiger partial charge on any atom is 0.335 e. The van der Waals surface area contributed by atoms with Crippen molar-refractivity contribution in [1.82, 2.24) is 4.72 Å². The summed E-state index contributed by atoms with van der Waals surface area (Å²) in [6.07, 6.45) is 0. The molecule has 0 aliphatic heterocycles. The van der Waals surface area contributed by atoms with E-state index in [-0.39, 0.29) is 29.3 Å². The standard InChI is InChI=1S/C13H20N2O5S/c1-9(2)8-20-6-5-15-21(18,19)12-4-3-10(13(16)17)7-11(12)14/h3-4,7,9,15H,5-6,8,14H2,1-2H3,(H,16,17). The summed E-state index contributed by atoms with van der Waals surface area (Å²) in [5.41, 5.74) is 5.43. The molecule has 1 aromatic rings. The molecule has 8 heteroatoms. The summed E-state index contributed by atoms with van der Waals surface area (Å²) in [7, 11) is -3.78. The fraction of sp³-hybridized carbons (Fsp3) is 0.462. The van der Waals surface area contributed by atoms with Crippen molar-refractivity contribution >= 4 is 21.7 Å². The molecule has 0 radical (unpaired) electrons. The lowest BCUT2D eigenvalue weighted by molar-refractivity contribution is 0.0697. The zero-order valence-electron chi connectivity index (χ0n) is 12.0. The zero-order valence-corrected chi connectivity index (χ0v) is 12.8. The highest BCUT2D eigenvalue weighted by Gasteiger charge is 2.18. The Hall–Kier alpha value is -1.64. The van der Waals surface area contributed by atoms with Crippen LogP contribution in [0.1, 0.15) is 24.2 Å². The third-order valence-electron chi connectivity index (χ3n) is 2.54. The first-order chi connectivity index (χ1) is 9.74. The third-order valence-corrected chi connectivity index (χ3v) is 4.07. The van der Waals surface area contributed by atoms with Gasteiger partial charge in [0.25, 0.3) is 0 Å². The Balaban J connectivity index is 2.68. The predicted octanol–water partition coefficient (Wildman–Crippen LogP) is 0.918. The third kappa shape index (κ3) is 5.33. The van der Waals surface area contributed by atoms with Gasteiger partial charge in [-0.05, 0) is 24.1 Å². The van der Waals surface area contributed by atoms with E-state index in [0.717, 1.165) is 6.07 Å². The average molecular weight is 316 g/mol. The molecule has 0 fully saturated rings. The first-order valence-electron chi connectivity index (χ1n) is 6.44. The number of anilines is 1. The Morgan fingerprint density at radius 2 is 2.10 bits per heavy atom. The second kappa shape index (κ2) is 7.39. The van der Waals surface area contributed by atoms with E-state index in [1.165, 1.54) is 12.1 Å². The first-order valence-corrected chi connectivity index (χ1v) is 7.92. The summed E-state index contributed by atoms with van der Waals surface area (Å²) in [5, 5.41) is 8.81. The summed E-state index contributed by atoms with van der Waals surface area (Å²) < 4.78 is 31.7. The van der Waals surface area contributed by atoms with Crippen LogP contribution in [0.15, 0.2) is 23.1 Å². The van der Waals surface area contributed by atoms with Gasteiger partial charge < -0.3 is 15.6 Å². The predicted molar refractivity (Wildman–Crippen MR) is 78.7 cm³/mol. The van der Waals surface area contributed by atoms with Gasteiger partial charge >= 0.3 is 5.97 Å². The van der Waals surface area contributed by atoms with Crippen molar-refractivity contribution in [1.29, 1.82) is 0 Å². The van der Waals surface area contributed by atoms with Gasteiger partial charge in [-0.3, -0.25) is 0 Å². The molecule has 0 unspecified atom stereocenters. The largest absolute Gasteiger partial charge is 0.478 e. The van der Waals surface area contributed by atoms with Crippen molar-refractivity contribution in [2.75, 3.05) is 25.5 Å². The minimum Gasteiger partial charge on any atom is -0.478 e. The van der Waals surface area contributed by atoms with E-state index in [1.807, 2.05) is 13.8 Å². The number of aromatic carboxylic acids is 1. The lowest BCUT2D eigenvalue weighted by Gasteiger charge is -2.10. The molecule has 0 heterocycles. The minimum absolute atomic E-state index is 0.0632. The van der Waals surface area contributed by atoms with Gasteiger partial charge in [0.15, 0.2) is 0 Å². The van der Waals surface area contributed by atoms with Crippen molar-refractivity contribution in [2.45, 2.75) is 18.7 Å².